The fourth-order valence-electron chi connectivity index (χ4n) is 4.40. The van der Waals surface area contributed by atoms with E-state index in [-0.39, 0.29) is 11.6 Å². The first-order valence-electron chi connectivity index (χ1n) is 10.3. The van der Waals surface area contributed by atoms with Crippen molar-refractivity contribution in [3.63, 3.8) is 0 Å². The highest BCUT2D eigenvalue weighted by molar-refractivity contribution is 6.99. The van der Waals surface area contributed by atoms with Gasteiger partial charge in [0.2, 0.25) is 0 Å². The van der Waals surface area contributed by atoms with Crippen molar-refractivity contribution in [2.75, 3.05) is 13.7 Å². The molecule has 1 aliphatic rings. The van der Waals surface area contributed by atoms with Crippen LogP contribution in [0.2, 0.25) is 5.04 Å². The molecule has 0 radical (unpaired) electrons. The predicted molar refractivity (Wildman–Crippen MR) is 119 cm³/mol. The second-order valence-corrected chi connectivity index (χ2v) is 13.7. The number of hydrogen-bond donors (Lipinski definition) is 1. The van der Waals surface area contributed by atoms with Crippen molar-refractivity contribution < 1.29 is 23.4 Å². The molecule has 0 aromatic heterocycles. The molecule has 0 spiro atoms. The molecule has 2 aromatic carbocycles. The molecule has 2 aromatic rings. The molecule has 1 saturated heterocycles. The Kier molecular flexibility index (Phi) is 6.29. The number of methoxy groups -OCH3 is 1. The summed E-state index contributed by atoms with van der Waals surface area (Å²) in [6.45, 7) is 9.33. The monoisotopic (exact) mass is 432 g/mol. The van der Waals surface area contributed by atoms with Gasteiger partial charge < -0.3 is 19.0 Å². The molecule has 3 rings (SSSR count). The van der Waals surface area contributed by atoms with Crippen LogP contribution in [0.25, 0.3) is 0 Å². The van der Waals surface area contributed by atoms with Crippen LogP contribution in [0, 0.1) is 0 Å². The summed E-state index contributed by atoms with van der Waals surface area (Å²) in [4.78, 5) is 0. The Morgan fingerprint density at radius 2 is 1.47 bits per heavy atom. The summed E-state index contributed by atoms with van der Waals surface area (Å²) < 4.78 is 33.0. The molecule has 1 aliphatic heterocycles. The first-order chi connectivity index (χ1) is 14.0. The van der Waals surface area contributed by atoms with Crippen LogP contribution in [-0.4, -0.2) is 50.8 Å². The topological polar surface area (TPSA) is 47.9 Å². The molecule has 6 heteroatoms. The van der Waals surface area contributed by atoms with Crippen LogP contribution in [0.1, 0.15) is 34.6 Å². The number of hydrogen-bond acceptors (Lipinski definition) is 4. The lowest BCUT2D eigenvalue weighted by Crippen LogP contribution is -2.67. The fourth-order valence-corrected chi connectivity index (χ4v) is 8.96. The Morgan fingerprint density at radius 1 is 1.00 bits per heavy atom. The van der Waals surface area contributed by atoms with E-state index in [1.807, 2.05) is 36.4 Å². The summed E-state index contributed by atoms with van der Waals surface area (Å²) in [5.41, 5.74) is -3.81. The van der Waals surface area contributed by atoms with Crippen molar-refractivity contribution >= 4 is 18.7 Å². The van der Waals surface area contributed by atoms with Crippen LogP contribution in [-0.2, 0) is 13.9 Å². The Bertz CT molecular complexity index is 794. The van der Waals surface area contributed by atoms with Gasteiger partial charge in [0.1, 0.15) is 11.7 Å². The van der Waals surface area contributed by atoms with E-state index in [0.717, 1.165) is 10.4 Å². The summed E-state index contributed by atoms with van der Waals surface area (Å²) in [6.07, 6.45) is -2.01. The lowest BCUT2D eigenvalue weighted by molar-refractivity contribution is -0.165. The number of rotatable bonds is 6. The molecule has 0 amide bonds. The van der Waals surface area contributed by atoms with Gasteiger partial charge in [-0.1, -0.05) is 81.4 Å². The van der Waals surface area contributed by atoms with E-state index in [1.165, 1.54) is 21.0 Å². The van der Waals surface area contributed by atoms with Crippen LogP contribution < -0.4 is 10.4 Å². The standard InChI is InChI=1S/C24H33FO4Si/c1-22(2,3)30(18-13-9-7-10-14-18,19-15-11-8-12-16-19)28-17-20-24(5,26)23(4,25)21(27-6)29-20/h7-16,20-21,26H,17H2,1-6H3/t20-,21?,23+,24-/m1/s1. The maximum Gasteiger partial charge on any atom is 0.261 e. The van der Waals surface area contributed by atoms with Gasteiger partial charge in [-0.05, 0) is 29.3 Å². The van der Waals surface area contributed by atoms with Gasteiger partial charge in [0, 0.05) is 7.11 Å². The van der Waals surface area contributed by atoms with Gasteiger partial charge in [0.25, 0.3) is 8.32 Å². The number of halogens is 1. The van der Waals surface area contributed by atoms with Crippen LogP contribution in [0.5, 0.6) is 0 Å². The number of aliphatic hydroxyl groups is 1. The van der Waals surface area contributed by atoms with E-state index < -0.39 is 32.0 Å². The Labute approximate surface area is 180 Å². The van der Waals surface area contributed by atoms with Crippen molar-refractivity contribution in [1.29, 1.82) is 0 Å². The van der Waals surface area contributed by atoms with Gasteiger partial charge in [-0.2, -0.15) is 0 Å². The van der Waals surface area contributed by atoms with Crippen molar-refractivity contribution in [2.45, 2.75) is 63.3 Å². The minimum atomic E-state index is -2.81. The smallest absolute Gasteiger partial charge is 0.261 e. The highest BCUT2D eigenvalue weighted by Gasteiger charge is 2.63. The third kappa shape index (κ3) is 3.65. The molecule has 1 fully saturated rings. The fraction of sp³-hybridized carbons (Fsp3) is 0.500. The lowest BCUT2D eigenvalue weighted by Gasteiger charge is -2.44. The molecule has 0 saturated carbocycles. The minimum Gasteiger partial charge on any atom is -0.405 e. The molecule has 1 unspecified atom stereocenters. The summed E-state index contributed by atoms with van der Waals surface area (Å²) in [5.74, 6) is 0. The first-order valence-corrected chi connectivity index (χ1v) is 12.2. The molecular formula is C24H33FO4Si. The first kappa shape index (κ1) is 23.1. The van der Waals surface area contributed by atoms with Gasteiger partial charge in [-0.3, -0.25) is 0 Å². The van der Waals surface area contributed by atoms with Gasteiger partial charge in [0.15, 0.2) is 12.0 Å². The van der Waals surface area contributed by atoms with Crippen molar-refractivity contribution in [2.24, 2.45) is 0 Å². The maximum absolute atomic E-state index is 15.3. The summed E-state index contributed by atoms with van der Waals surface area (Å²) in [7, 11) is -1.43. The maximum atomic E-state index is 15.3. The SMILES string of the molecule is COC1O[C@H](CO[Si](c2ccccc2)(c2ccccc2)C(C)(C)C)[C@@](C)(O)[C@@]1(C)F. The van der Waals surface area contributed by atoms with Crippen LogP contribution >= 0.6 is 0 Å². The second kappa shape index (κ2) is 8.17. The van der Waals surface area contributed by atoms with Crippen LogP contribution in [0.15, 0.2) is 60.7 Å². The summed E-state index contributed by atoms with van der Waals surface area (Å²) >= 11 is 0. The zero-order valence-electron chi connectivity index (χ0n) is 18.7. The number of ether oxygens (including phenoxy) is 2. The minimum absolute atomic E-state index is 0.0552. The third-order valence-corrected chi connectivity index (χ3v) is 11.4. The van der Waals surface area contributed by atoms with Crippen molar-refractivity contribution in [1.82, 2.24) is 0 Å². The Hall–Kier alpha value is -1.57. The zero-order chi connectivity index (χ0) is 22.2. The average Bonchev–Trinajstić information content (AvgIpc) is 2.87. The molecule has 0 bridgehead atoms. The largest absolute Gasteiger partial charge is 0.405 e. The zero-order valence-corrected chi connectivity index (χ0v) is 19.7. The molecule has 164 valence electrons. The Morgan fingerprint density at radius 3 is 1.83 bits per heavy atom. The van der Waals surface area contributed by atoms with Crippen LogP contribution in [0.4, 0.5) is 4.39 Å². The molecule has 30 heavy (non-hydrogen) atoms. The molecule has 1 N–H and O–H groups in total. The lowest BCUT2D eigenvalue weighted by atomic mass is 9.85. The quantitative estimate of drug-likeness (QED) is 0.711. The molecule has 0 aliphatic carbocycles. The van der Waals surface area contributed by atoms with E-state index in [4.69, 9.17) is 13.9 Å². The molecule has 4 atom stereocenters. The molecule has 4 nitrogen and oxygen atoms in total. The highest BCUT2D eigenvalue weighted by atomic mass is 28.4. The Balaban J connectivity index is 2.05. The van der Waals surface area contributed by atoms with Gasteiger partial charge in [0.05, 0.1) is 6.61 Å². The predicted octanol–water partition coefficient (Wildman–Crippen LogP) is 3.41. The van der Waals surface area contributed by atoms with Gasteiger partial charge in [-0.15, -0.1) is 0 Å². The van der Waals surface area contributed by atoms with E-state index in [2.05, 4.69) is 45.0 Å². The normalized spacial score (nSPS) is 29.9. The van der Waals surface area contributed by atoms with E-state index in [0.29, 0.717) is 0 Å². The summed E-state index contributed by atoms with van der Waals surface area (Å²) in [6, 6.07) is 20.4. The van der Waals surface area contributed by atoms with Crippen molar-refractivity contribution in [3.8, 4) is 0 Å². The summed E-state index contributed by atoms with van der Waals surface area (Å²) in [5, 5.41) is 13.0. The number of alkyl halides is 1. The molecule has 1 heterocycles. The van der Waals surface area contributed by atoms with Crippen molar-refractivity contribution in [3.05, 3.63) is 60.7 Å². The molecular weight excluding hydrogens is 399 g/mol. The van der Waals surface area contributed by atoms with Crippen LogP contribution in [0.3, 0.4) is 0 Å². The van der Waals surface area contributed by atoms with E-state index >= 15 is 4.39 Å². The van der Waals surface area contributed by atoms with E-state index in [9.17, 15) is 5.11 Å². The van der Waals surface area contributed by atoms with E-state index in [1.54, 1.807) is 0 Å². The van der Waals surface area contributed by atoms with Gasteiger partial charge in [-0.25, -0.2) is 4.39 Å². The highest BCUT2D eigenvalue weighted by Crippen LogP contribution is 2.44. The number of benzene rings is 2. The third-order valence-electron chi connectivity index (χ3n) is 6.43. The van der Waals surface area contributed by atoms with Gasteiger partial charge >= 0.3 is 0 Å². The average molecular weight is 433 g/mol. The second-order valence-electron chi connectivity index (χ2n) is 9.39.